The van der Waals surface area contributed by atoms with Crippen molar-refractivity contribution >= 4 is 11.4 Å². The number of nitrogens with zero attached hydrogens (tertiary/aromatic N) is 2. The fourth-order valence-corrected chi connectivity index (χ4v) is 3.83. The van der Waals surface area contributed by atoms with Crippen molar-refractivity contribution < 1.29 is 4.74 Å². The molecule has 0 aliphatic heterocycles. The summed E-state index contributed by atoms with van der Waals surface area (Å²) in [5.74, 6) is 1.12. The van der Waals surface area contributed by atoms with Gasteiger partial charge in [-0.05, 0) is 31.1 Å². The number of hydrogen-bond acceptors (Lipinski definition) is 3. The van der Waals surface area contributed by atoms with E-state index < -0.39 is 0 Å². The summed E-state index contributed by atoms with van der Waals surface area (Å²) in [6.45, 7) is 4.27. The first-order chi connectivity index (χ1) is 13.6. The van der Waals surface area contributed by atoms with Crippen molar-refractivity contribution in [1.82, 2.24) is 0 Å². The molecule has 0 saturated heterocycles. The highest BCUT2D eigenvalue weighted by Crippen LogP contribution is 2.33. The van der Waals surface area contributed by atoms with E-state index in [2.05, 4.69) is 97.6 Å². The fraction of sp³-hybridized carbons (Fsp3) is 0.320. The van der Waals surface area contributed by atoms with Gasteiger partial charge in [0.05, 0.1) is 18.9 Å². The third-order valence-electron chi connectivity index (χ3n) is 5.38. The molecule has 0 fully saturated rings. The number of rotatable bonds is 5. The van der Waals surface area contributed by atoms with Crippen molar-refractivity contribution in [3.8, 4) is 0 Å². The van der Waals surface area contributed by atoms with Gasteiger partial charge in [0.25, 0.3) is 0 Å². The maximum atomic E-state index is 5.89. The van der Waals surface area contributed by atoms with Gasteiger partial charge in [0.15, 0.2) is 0 Å². The summed E-state index contributed by atoms with van der Waals surface area (Å²) in [4.78, 5) is 6.85. The molecular weight excluding hydrogens is 344 g/mol. The van der Waals surface area contributed by atoms with Gasteiger partial charge in [-0.25, -0.2) is 0 Å². The minimum Gasteiger partial charge on any atom is -0.494 e. The molecule has 2 atom stereocenters. The van der Waals surface area contributed by atoms with Crippen LogP contribution in [0.4, 0.5) is 5.69 Å². The Morgan fingerprint density at radius 2 is 1.89 bits per heavy atom. The predicted octanol–water partition coefficient (Wildman–Crippen LogP) is 5.42. The van der Waals surface area contributed by atoms with Crippen LogP contribution in [0.1, 0.15) is 18.9 Å². The molecule has 2 aliphatic carbocycles. The molecule has 28 heavy (non-hydrogen) atoms. The normalized spacial score (nSPS) is 21.5. The van der Waals surface area contributed by atoms with E-state index in [0.717, 1.165) is 23.5 Å². The average molecular weight is 375 g/mol. The van der Waals surface area contributed by atoms with Crippen molar-refractivity contribution in [2.45, 2.75) is 26.3 Å². The third-order valence-corrected chi connectivity index (χ3v) is 5.38. The number of benzene rings is 1. The van der Waals surface area contributed by atoms with Gasteiger partial charge in [-0.15, -0.1) is 0 Å². The Labute approximate surface area is 169 Å². The van der Waals surface area contributed by atoms with Gasteiger partial charge in [0.1, 0.15) is 5.76 Å². The van der Waals surface area contributed by atoms with Crippen LogP contribution in [0.5, 0.6) is 0 Å². The number of aryl methyl sites for hydroxylation is 1. The van der Waals surface area contributed by atoms with Crippen LogP contribution in [0.3, 0.4) is 0 Å². The van der Waals surface area contributed by atoms with Crippen LogP contribution in [0.2, 0.25) is 0 Å². The van der Waals surface area contributed by atoms with Gasteiger partial charge >= 0.3 is 0 Å². The van der Waals surface area contributed by atoms with Crippen LogP contribution in [-0.2, 0) is 4.74 Å². The van der Waals surface area contributed by atoms with Gasteiger partial charge < -0.3 is 9.64 Å². The Bertz CT molecular complexity index is 882. The molecule has 0 bridgehead atoms. The number of methoxy groups -OCH3 is 1. The minimum absolute atomic E-state index is 0.0251. The van der Waals surface area contributed by atoms with Crippen LogP contribution >= 0.6 is 0 Å². The van der Waals surface area contributed by atoms with E-state index in [-0.39, 0.29) is 12.0 Å². The number of anilines is 1. The molecule has 3 nitrogen and oxygen atoms in total. The highest BCUT2D eigenvalue weighted by atomic mass is 16.5. The number of aliphatic imine (C=N–C) groups is 1. The summed E-state index contributed by atoms with van der Waals surface area (Å²) in [6, 6.07) is 8.69. The molecule has 1 aromatic rings. The van der Waals surface area contributed by atoms with E-state index in [1.165, 1.54) is 16.8 Å². The Kier molecular flexibility index (Phi) is 6.35. The van der Waals surface area contributed by atoms with Crippen molar-refractivity contribution in [3.63, 3.8) is 0 Å². The number of allylic oxidation sites excluding steroid dienone is 6. The maximum Gasteiger partial charge on any atom is 0.146 e. The van der Waals surface area contributed by atoms with Gasteiger partial charge in [-0.2, -0.15) is 0 Å². The van der Waals surface area contributed by atoms with E-state index in [9.17, 15) is 0 Å². The zero-order valence-electron chi connectivity index (χ0n) is 17.5. The van der Waals surface area contributed by atoms with Crippen molar-refractivity contribution in [2.75, 3.05) is 26.1 Å². The number of ether oxygens (including phenoxy) is 1. The summed E-state index contributed by atoms with van der Waals surface area (Å²) < 4.78 is 5.89. The first-order valence-electron chi connectivity index (χ1n) is 9.83. The Hall–Kier alpha value is -2.81. The van der Waals surface area contributed by atoms with Gasteiger partial charge in [-0.3, -0.25) is 4.99 Å². The molecule has 2 unspecified atom stereocenters. The van der Waals surface area contributed by atoms with Crippen LogP contribution in [0.25, 0.3) is 0 Å². The molecule has 0 heterocycles. The van der Waals surface area contributed by atoms with Gasteiger partial charge in [0.2, 0.25) is 0 Å². The third kappa shape index (κ3) is 4.04. The topological polar surface area (TPSA) is 24.8 Å². The number of likely N-dealkylation sites (N-methyl/N-ethyl adjacent to an activating group) is 1. The van der Waals surface area contributed by atoms with Crippen LogP contribution in [-0.4, -0.2) is 33.0 Å². The van der Waals surface area contributed by atoms with Crippen LogP contribution in [0.15, 0.2) is 88.7 Å². The summed E-state index contributed by atoms with van der Waals surface area (Å²) in [5, 5.41) is 0. The molecule has 1 aromatic carbocycles. The Morgan fingerprint density at radius 3 is 2.57 bits per heavy atom. The molecular formula is C25H30N2O. The second-order valence-electron chi connectivity index (χ2n) is 7.33. The Morgan fingerprint density at radius 1 is 1.14 bits per heavy atom. The second-order valence-corrected chi connectivity index (χ2v) is 7.33. The SMILES string of the molecule is CN=C1C(OC)=C(C(C2=CC=CCC=C2)N(C)c2ccc(C)cc2)C=CC1C. The summed E-state index contributed by atoms with van der Waals surface area (Å²) >= 11 is 0. The lowest BCUT2D eigenvalue weighted by Gasteiger charge is -2.35. The smallest absolute Gasteiger partial charge is 0.146 e. The summed E-state index contributed by atoms with van der Waals surface area (Å²) in [7, 11) is 5.73. The monoisotopic (exact) mass is 374 g/mol. The fourth-order valence-electron chi connectivity index (χ4n) is 3.83. The molecule has 0 radical (unpaired) electrons. The van der Waals surface area contributed by atoms with Crippen LogP contribution in [0, 0.1) is 12.8 Å². The quantitative estimate of drug-likeness (QED) is 0.687. The number of hydrogen-bond donors (Lipinski definition) is 0. The molecule has 0 aromatic heterocycles. The zero-order chi connectivity index (χ0) is 20.1. The summed E-state index contributed by atoms with van der Waals surface area (Å²) in [6.07, 6.45) is 16.3. The van der Waals surface area contributed by atoms with Crippen molar-refractivity contribution in [2.24, 2.45) is 10.9 Å². The first kappa shape index (κ1) is 19.9. The highest BCUT2D eigenvalue weighted by Gasteiger charge is 2.30. The lowest BCUT2D eigenvalue weighted by molar-refractivity contribution is 0.306. The Balaban J connectivity index is 2.16. The lowest BCUT2D eigenvalue weighted by atomic mass is 9.86. The molecule has 0 N–H and O–H groups in total. The minimum atomic E-state index is 0.0251. The molecule has 0 saturated carbocycles. The van der Waals surface area contributed by atoms with Gasteiger partial charge in [-0.1, -0.05) is 67.2 Å². The lowest BCUT2D eigenvalue weighted by Crippen LogP contribution is -2.37. The second kappa shape index (κ2) is 8.92. The maximum absolute atomic E-state index is 5.89. The average Bonchev–Trinajstić information content (AvgIpc) is 2.98. The van der Waals surface area contributed by atoms with E-state index >= 15 is 0 Å². The standard InChI is InChI=1S/C25H30N2O/c1-18-12-15-21(16-13-18)27(4)24(20-10-8-6-7-9-11-20)22-17-14-19(2)23(26-3)25(22)28-5/h6,8-17,19,24H,7H2,1-5H3. The van der Waals surface area contributed by atoms with E-state index in [1.54, 1.807) is 7.11 Å². The largest absolute Gasteiger partial charge is 0.494 e. The van der Waals surface area contributed by atoms with Crippen LogP contribution < -0.4 is 4.90 Å². The van der Waals surface area contributed by atoms with Gasteiger partial charge in [0, 0.05) is 31.3 Å². The van der Waals surface area contributed by atoms with E-state index in [0.29, 0.717) is 0 Å². The molecule has 0 amide bonds. The molecule has 2 aliphatic rings. The van der Waals surface area contributed by atoms with Crippen molar-refractivity contribution in [3.05, 3.63) is 89.3 Å². The van der Waals surface area contributed by atoms with Crippen molar-refractivity contribution in [1.29, 1.82) is 0 Å². The predicted molar refractivity (Wildman–Crippen MR) is 120 cm³/mol. The molecule has 3 rings (SSSR count). The first-order valence-corrected chi connectivity index (χ1v) is 9.83. The molecule has 3 heteroatoms. The zero-order valence-corrected chi connectivity index (χ0v) is 17.5. The molecule has 0 spiro atoms. The van der Waals surface area contributed by atoms with E-state index in [4.69, 9.17) is 4.74 Å². The molecule has 146 valence electrons. The van der Waals surface area contributed by atoms with E-state index in [1.807, 2.05) is 7.05 Å². The summed E-state index contributed by atoms with van der Waals surface area (Å²) in [5.41, 5.74) is 5.79. The highest BCUT2D eigenvalue weighted by molar-refractivity contribution is 6.03.